The molecule has 0 aromatic rings. The SMILES string of the molecule is NCl.O=C1CCC(=O)N1Br. The summed E-state index contributed by atoms with van der Waals surface area (Å²) in [5, 5.41) is 3.97. The molecule has 6 heteroatoms. The van der Waals surface area contributed by atoms with Crippen LogP contribution < -0.4 is 5.25 Å². The number of imide groups is 1. The zero-order valence-electron chi connectivity index (χ0n) is 5.01. The number of nitrogens with zero attached hydrogens (tertiary/aromatic N) is 1. The predicted molar refractivity (Wildman–Crippen MR) is 40.1 cm³/mol. The molecule has 0 spiro atoms. The molecule has 0 aliphatic carbocycles. The van der Waals surface area contributed by atoms with E-state index in [4.69, 9.17) is 0 Å². The zero-order chi connectivity index (χ0) is 8.15. The molecule has 0 radical (unpaired) electrons. The van der Waals surface area contributed by atoms with Crippen molar-refractivity contribution in [3.05, 3.63) is 0 Å². The zero-order valence-corrected chi connectivity index (χ0v) is 7.35. The molecule has 1 rings (SSSR count). The molecule has 0 bridgehead atoms. The number of amides is 2. The number of halogens is 2. The van der Waals surface area contributed by atoms with Crippen LogP contribution in [0.25, 0.3) is 0 Å². The van der Waals surface area contributed by atoms with Crippen molar-refractivity contribution < 1.29 is 9.59 Å². The lowest BCUT2D eigenvalue weighted by Gasteiger charge is -1.97. The average Bonchev–Trinajstić information content (AvgIpc) is 2.25. The third kappa shape index (κ3) is 2.24. The predicted octanol–water partition coefficient (Wildman–Crippen LogP) is 0.544. The van der Waals surface area contributed by atoms with E-state index in [-0.39, 0.29) is 11.8 Å². The number of hydrogen-bond donors (Lipinski definition) is 1. The van der Waals surface area contributed by atoms with Crippen LogP contribution >= 0.6 is 27.9 Å². The maximum absolute atomic E-state index is 10.4. The molecule has 1 aliphatic heterocycles. The van der Waals surface area contributed by atoms with Crippen molar-refractivity contribution in [2.45, 2.75) is 12.8 Å². The van der Waals surface area contributed by atoms with Gasteiger partial charge in [-0.2, -0.15) is 0 Å². The molecule has 1 saturated heterocycles. The Morgan fingerprint density at radius 3 is 1.70 bits per heavy atom. The summed E-state index contributed by atoms with van der Waals surface area (Å²) < 4.78 is 0.979. The topological polar surface area (TPSA) is 63.4 Å². The van der Waals surface area contributed by atoms with Crippen molar-refractivity contribution in [3.63, 3.8) is 0 Å². The maximum atomic E-state index is 10.4. The summed E-state index contributed by atoms with van der Waals surface area (Å²) in [5.41, 5.74) is 0. The standard InChI is InChI=1S/C4H4BrNO2.ClH2N/c5-6-3(7)1-2-4(6)8;1-2/h1-2H2;2H2. The molecule has 58 valence electrons. The summed E-state index contributed by atoms with van der Waals surface area (Å²) in [6.07, 6.45) is 0.703. The summed E-state index contributed by atoms with van der Waals surface area (Å²) in [6, 6.07) is 0. The molecule has 4 nitrogen and oxygen atoms in total. The van der Waals surface area contributed by atoms with E-state index in [1.165, 1.54) is 0 Å². The van der Waals surface area contributed by atoms with Gasteiger partial charge in [0, 0.05) is 12.8 Å². The van der Waals surface area contributed by atoms with Crippen LogP contribution in [0.15, 0.2) is 0 Å². The van der Waals surface area contributed by atoms with Gasteiger partial charge in [-0.1, -0.05) is 0 Å². The third-order valence-electron chi connectivity index (χ3n) is 0.991. The van der Waals surface area contributed by atoms with Crippen LogP contribution in [0.5, 0.6) is 0 Å². The minimum absolute atomic E-state index is 0.144. The Morgan fingerprint density at radius 2 is 1.60 bits per heavy atom. The largest absolute Gasteiger partial charge is 0.274 e. The quantitative estimate of drug-likeness (QED) is 0.487. The molecular formula is C4H6BrClN2O2. The summed E-state index contributed by atoms with van der Waals surface area (Å²) >= 11 is 6.94. The first-order chi connectivity index (χ1) is 4.72. The summed E-state index contributed by atoms with van der Waals surface area (Å²) in [6.45, 7) is 0. The fourth-order valence-corrected chi connectivity index (χ4v) is 0.904. The van der Waals surface area contributed by atoms with E-state index in [1.54, 1.807) is 0 Å². The van der Waals surface area contributed by atoms with Gasteiger partial charge in [-0.3, -0.25) is 9.59 Å². The summed E-state index contributed by atoms with van der Waals surface area (Å²) in [4.78, 5) is 20.9. The van der Waals surface area contributed by atoms with Gasteiger partial charge >= 0.3 is 0 Å². The van der Waals surface area contributed by atoms with Crippen LogP contribution in [0.3, 0.4) is 0 Å². The highest BCUT2D eigenvalue weighted by atomic mass is 79.9. The Bertz CT molecular complexity index is 136. The molecular weight excluding hydrogens is 223 g/mol. The minimum Gasteiger partial charge on any atom is -0.274 e. The van der Waals surface area contributed by atoms with E-state index < -0.39 is 0 Å². The molecule has 1 aliphatic rings. The number of carbonyl (C=O) groups is 2. The fourth-order valence-electron chi connectivity index (χ4n) is 0.549. The Hall–Kier alpha value is -0.130. The van der Waals surface area contributed by atoms with Crippen molar-refractivity contribution in [2.75, 3.05) is 0 Å². The van der Waals surface area contributed by atoms with Crippen LogP contribution in [0, 0.1) is 0 Å². The van der Waals surface area contributed by atoms with Crippen molar-refractivity contribution in [1.82, 2.24) is 3.93 Å². The fraction of sp³-hybridized carbons (Fsp3) is 0.500. The van der Waals surface area contributed by atoms with Gasteiger partial charge in [0.05, 0.1) is 16.1 Å². The van der Waals surface area contributed by atoms with Crippen LogP contribution in [-0.4, -0.2) is 15.7 Å². The van der Waals surface area contributed by atoms with Gasteiger partial charge in [-0.25, -0.2) is 9.18 Å². The van der Waals surface area contributed by atoms with Gasteiger partial charge in [0.15, 0.2) is 0 Å². The van der Waals surface area contributed by atoms with Crippen molar-refractivity contribution >= 4 is 39.7 Å². The van der Waals surface area contributed by atoms with Crippen LogP contribution in [0.2, 0.25) is 0 Å². The Labute approximate surface area is 71.7 Å². The highest BCUT2D eigenvalue weighted by Gasteiger charge is 2.26. The van der Waals surface area contributed by atoms with E-state index in [1.807, 2.05) is 0 Å². The minimum atomic E-state index is -0.144. The molecule has 2 amide bonds. The lowest BCUT2D eigenvalue weighted by atomic mass is 10.4. The molecule has 0 unspecified atom stereocenters. The summed E-state index contributed by atoms with van der Waals surface area (Å²) in [5.74, 6) is -0.287. The van der Waals surface area contributed by atoms with Crippen LogP contribution in [-0.2, 0) is 9.59 Å². The third-order valence-corrected chi connectivity index (χ3v) is 1.78. The second-order valence-electron chi connectivity index (χ2n) is 1.57. The Morgan fingerprint density at radius 1 is 1.30 bits per heavy atom. The number of rotatable bonds is 0. The molecule has 0 aromatic heterocycles. The first-order valence-corrected chi connectivity index (χ1v) is 3.60. The van der Waals surface area contributed by atoms with E-state index in [0.29, 0.717) is 12.8 Å². The Kier molecular flexibility index (Phi) is 4.59. The average molecular weight is 229 g/mol. The van der Waals surface area contributed by atoms with Gasteiger partial charge in [-0.15, -0.1) is 0 Å². The van der Waals surface area contributed by atoms with E-state index in [9.17, 15) is 9.59 Å². The molecule has 0 aromatic carbocycles. The number of carbonyl (C=O) groups excluding carboxylic acids is 2. The lowest BCUT2D eigenvalue weighted by molar-refractivity contribution is -0.131. The van der Waals surface area contributed by atoms with Gasteiger partial charge in [-0.05, 0) is 11.8 Å². The first-order valence-electron chi connectivity index (χ1n) is 2.45. The number of nitrogens with two attached hydrogens (primary N) is 1. The van der Waals surface area contributed by atoms with Crippen LogP contribution in [0.4, 0.5) is 0 Å². The molecule has 0 atom stereocenters. The monoisotopic (exact) mass is 228 g/mol. The molecule has 1 fully saturated rings. The molecule has 0 saturated carbocycles. The highest BCUT2D eigenvalue weighted by molar-refractivity contribution is 9.08. The molecule has 10 heavy (non-hydrogen) atoms. The van der Waals surface area contributed by atoms with E-state index in [2.05, 4.69) is 33.2 Å². The van der Waals surface area contributed by atoms with Crippen LogP contribution in [0.1, 0.15) is 12.8 Å². The Balaban J connectivity index is 0.000000371. The highest BCUT2D eigenvalue weighted by Crippen LogP contribution is 2.14. The second-order valence-corrected chi connectivity index (χ2v) is 2.28. The van der Waals surface area contributed by atoms with Crippen molar-refractivity contribution in [1.29, 1.82) is 0 Å². The lowest BCUT2D eigenvalue weighted by Crippen LogP contribution is -2.16. The van der Waals surface area contributed by atoms with Gasteiger partial charge in [0.2, 0.25) is 11.8 Å². The van der Waals surface area contributed by atoms with E-state index >= 15 is 0 Å². The van der Waals surface area contributed by atoms with Crippen molar-refractivity contribution in [2.24, 2.45) is 5.25 Å². The maximum Gasteiger partial charge on any atom is 0.239 e. The molecule has 1 heterocycles. The smallest absolute Gasteiger partial charge is 0.239 e. The van der Waals surface area contributed by atoms with Crippen molar-refractivity contribution in [3.8, 4) is 0 Å². The van der Waals surface area contributed by atoms with Gasteiger partial charge < -0.3 is 0 Å². The second kappa shape index (κ2) is 4.65. The van der Waals surface area contributed by atoms with Gasteiger partial charge in [0.1, 0.15) is 0 Å². The first kappa shape index (κ1) is 9.87. The number of hydrogen-bond acceptors (Lipinski definition) is 3. The molecule has 2 N–H and O–H groups in total. The van der Waals surface area contributed by atoms with E-state index in [0.717, 1.165) is 3.93 Å². The van der Waals surface area contributed by atoms with Gasteiger partial charge in [0.25, 0.3) is 0 Å². The summed E-state index contributed by atoms with van der Waals surface area (Å²) in [7, 11) is 0. The normalized spacial score (nSPS) is 16.9.